The van der Waals surface area contributed by atoms with Gasteiger partial charge in [0.15, 0.2) is 0 Å². The van der Waals surface area contributed by atoms with Crippen LogP contribution in [0.5, 0.6) is 0 Å². The number of hydrogen-bond donors (Lipinski definition) is 1. The first-order chi connectivity index (χ1) is 10.8. The number of likely N-dealkylation sites (tertiary alicyclic amines) is 1. The van der Waals surface area contributed by atoms with Gasteiger partial charge >= 0.3 is 6.09 Å². The Kier molecular flexibility index (Phi) is 4.36. The number of nitrogens with one attached hydrogen (secondary N) is 1. The second-order valence-electron chi connectivity index (χ2n) is 7.44. The summed E-state index contributed by atoms with van der Waals surface area (Å²) in [5, 5.41) is 4.93. The minimum atomic E-state index is -0.487. The van der Waals surface area contributed by atoms with Gasteiger partial charge in [-0.1, -0.05) is 6.07 Å². The molecule has 2 amide bonds. The van der Waals surface area contributed by atoms with Crippen LogP contribution in [-0.4, -0.2) is 41.6 Å². The molecule has 23 heavy (non-hydrogen) atoms. The van der Waals surface area contributed by atoms with Gasteiger partial charge in [0, 0.05) is 25.0 Å². The first kappa shape index (κ1) is 16.3. The van der Waals surface area contributed by atoms with Crippen molar-refractivity contribution in [2.24, 2.45) is 11.8 Å². The van der Waals surface area contributed by atoms with Crippen LogP contribution in [0.15, 0.2) is 17.5 Å². The fraction of sp³-hybridized carbons (Fsp3) is 0.647. The number of carbonyl (C=O) groups is 2. The molecule has 5 nitrogen and oxygen atoms in total. The summed E-state index contributed by atoms with van der Waals surface area (Å²) in [5.74, 6) is 0.940. The zero-order valence-corrected chi connectivity index (χ0v) is 14.7. The molecule has 1 aliphatic carbocycles. The van der Waals surface area contributed by atoms with E-state index in [0.29, 0.717) is 11.8 Å². The molecule has 0 bridgehead atoms. The van der Waals surface area contributed by atoms with Gasteiger partial charge in [0.25, 0.3) is 5.91 Å². The summed E-state index contributed by atoms with van der Waals surface area (Å²) in [6.45, 7) is 7.11. The van der Waals surface area contributed by atoms with Crippen molar-refractivity contribution in [1.29, 1.82) is 0 Å². The summed E-state index contributed by atoms with van der Waals surface area (Å²) >= 11 is 1.48. The predicted octanol–water partition coefficient (Wildman–Crippen LogP) is 3.12. The number of fused-ring (bicyclic) bond motifs is 1. The number of thiophene rings is 1. The van der Waals surface area contributed by atoms with E-state index in [9.17, 15) is 9.59 Å². The van der Waals surface area contributed by atoms with Crippen LogP contribution < -0.4 is 5.32 Å². The molecule has 1 N–H and O–H groups in total. The molecule has 1 aliphatic heterocycles. The molecule has 2 fully saturated rings. The monoisotopic (exact) mass is 336 g/mol. The molecule has 1 saturated carbocycles. The van der Waals surface area contributed by atoms with Crippen LogP contribution in [0.4, 0.5) is 4.79 Å². The van der Waals surface area contributed by atoms with E-state index in [2.05, 4.69) is 5.32 Å². The third-order valence-electron chi connectivity index (χ3n) is 4.58. The van der Waals surface area contributed by atoms with E-state index >= 15 is 0 Å². The Bertz CT molecular complexity index is 579. The summed E-state index contributed by atoms with van der Waals surface area (Å²) < 4.78 is 5.35. The topological polar surface area (TPSA) is 58.6 Å². The van der Waals surface area contributed by atoms with E-state index in [-0.39, 0.29) is 18.0 Å². The molecule has 1 aromatic heterocycles. The van der Waals surface area contributed by atoms with E-state index in [4.69, 9.17) is 4.74 Å². The molecule has 3 atom stereocenters. The molecule has 0 radical (unpaired) electrons. The SMILES string of the molecule is CC(C)(C)OC(=O)N[C@@H]1CC[C@@H]2CN(C(=O)c3cccs3)C[C@H]21. The van der Waals surface area contributed by atoms with Crippen molar-refractivity contribution in [1.82, 2.24) is 10.2 Å². The third kappa shape index (κ3) is 3.68. The van der Waals surface area contributed by atoms with E-state index in [1.165, 1.54) is 11.3 Å². The molecular weight excluding hydrogens is 312 g/mol. The van der Waals surface area contributed by atoms with E-state index in [0.717, 1.165) is 30.8 Å². The second kappa shape index (κ2) is 6.15. The molecule has 2 aliphatic rings. The Hall–Kier alpha value is -1.56. The minimum absolute atomic E-state index is 0.107. The number of ether oxygens (including phenoxy) is 1. The molecule has 0 spiro atoms. The highest BCUT2D eigenvalue weighted by molar-refractivity contribution is 7.12. The Morgan fingerprint density at radius 3 is 2.74 bits per heavy atom. The highest BCUT2D eigenvalue weighted by Crippen LogP contribution is 2.39. The van der Waals surface area contributed by atoms with Gasteiger partial charge in [-0.25, -0.2) is 4.79 Å². The molecule has 3 rings (SSSR count). The lowest BCUT2D eigenvalue weighted by atomic mass is 9.98. The Morgan fingerprint density at radius 1 is 1.30 bits per heavy atom. The minimum Gasteiger partial charge on any atom is -0.444 e. The fourth-order valence-electron chi connectivity index (χ4n) is 3.63. The molecule has 1 saturated heterocycles. The van der Waals surface area contributed by atoms with Crippen molar-refractivity contribution in [3.8, 4) is 0 Å². The van der Waals surface area contributed by atoms with Crippen LogP contribution in [0.3, 0.4) is 0 Å². The predicted molar refractivity (Wildman–Crippen MR) is 89.6 cm³/mol. The lowest BCUT2D eigenvalue weighted by Crippen LogP contribution is -2.42. The first-order valence-electron chi connectivity index (χ1n) is 8.16. The summed E-state index contributed by atoms with van der Waals surface area (Å²) in [4.78, 5) is 27.2. The summed E-state index contributed by atoms with van der Waals surface area (Å²) in [7, 11) is 0. The number of alkyl carbamates (subject to hydrolysis) is 1. The lowest BCUT2D eigenvalue weighted by molar-refractivity contribution is 0.0491. The average Bonchev–Trinajstić information content (AvgIpc) is 3.13. The maximum Gasteiger partial charge on any atom is 0.407 e. The maximum absolute atomic E-state index is 12.5. The van der Waals surface area contributed by atoms with Gasteiger partial charge in [0.2, 0.25) is 0 Å². The van der Waals surface area contributed by atoms with Gasteiger partial charge < -0.3 is 15.0 Å². The van der Waals surface area contributed by atoms with Crippen LogP contribution in [0.1, 0.15) is 43.3 Å². The number of carbonyl (C=O) groups excluding carboxylic acids is 2. The number of hydrogen-bond acceptors (Lipinski definition) is 4. The van der Waals surface area contributed by atoms with Gasteiger partial charge in [-0.2, -0.15) is 0 Å². The zero-order valence-electron chi connectivity index (χ0n) is 13.9. The summed E-state index contributed by atoms with van der Waals surface area (Å²) in [5.41, 5.74) is -0.487. The van der Waals surface area contributed by atoms with Crippen molar-refractivity contribution >= 4 is 23.3 Å². The van der Waals surface area contributed by atoms with Gasteiger partial charge in [0.05, 0.1) is 4.88 Å². The van der Waals surface area contributed by atoms with Crippen molar-refractivity contribution in [2.75, 3.05) is 13.1 Å². The normalized spacial score (nSPS) is 26.9. The Labute approximate surface area is 141 Å². The summed E-state index contributed by atoms with van der Waals surface area (Å²) in [6, 6.07) is 3.88. The molecule has 126 valence electrons. The van der Waals surface area contributed by atoms with Crippen molar-refractivity contribution < 1.29 is 14.3 Å². The Morgan fingerprint density at radius 2 is 2.09 bits per heavy atom. The first-order valence-corrected chi connectivity index (χ1v) is 9.04. The zero-order chi connectivity index (χ0) is 16.6. The van der Waals surface area contributed by atoms with Gasteiger partial charge in [0.1, 0.15) is 5.60 Å². The van der Waals surface area contributed by atoms with Crippen molar-refractivity contribution in [3.63, 3.8) is 0 Å². The molecule has 1 aromatic rings. The molecule has 0 aromatic carbocycles. The third-order valence-corrected chi connectivity index (χ3v) is 5.44. The number of amides is 2. The molecule has 2 heterocycles. The number of rotatable bonds is 2. The average molecular weight is 336 g/mol. The second-order valence-corrected chi connectivity index (χ2v) is 8.39. The summed E-state index contributed by atoms with van der Waals surface area (Å²) in [6.07, 6.45) is 1.67. The van der Waals surface area contributed by atoms with Crippen LogP contribution in [0, 0.1) is 11.8 Å². The lowest BCUT2D eigenvalue weighted by Gasteiger charge is -2.24. The quantitative estimate of drug-likeness (QED) is 0.903. The highest BCUT2D eigenvalue weighted by Gasteiger charge is 2.45. The molecule has 6 heteroatoms. The van der Waals surface area contributed by atoms with Crippen LogP contribution in [0.2, 0.25) is 0 Å². The smallest absolute Gasteiger partial charge is 0.407 e. The standard InChI is InChI=1S/C17H24N2O3S/c1-17(2,3)22-16(21)18-13-7-6-11-9-19(10-12(11)13)15(20)14-5-4-8-23-14/h4-5,8,11-13H,6-7,9-10H2,1-3H3,(H,18,21)/t11-,12-,13-/m1/s1. The van der Waals surface area contributed by atoms with Gasteiger partial charge in [-0.3, -0.25) is 4.79 Å². The highest BCUT2D eigenvalue weighted by atomic mass is 32.1. The van der Waals surface area contributed by atoms with E-state index in [1.54, 1.807) is 0 Å². The molecular formula is C17H24N2O3S. The molecule has 0 unspecified atom stereocenters. The fourth-order valence-corrected chi connectivity index (χ4v) is 4.32. The van der Waals surface area contributed by atoms with Gasteiger partial charge in [-0.05, 0) is 51.0 Å². The maximum atomic E-state index is 12.5. The van der Waals surface area contributed by atoms with Crippen LogP contribution >= 0.6 is 11.3 Å². The Balaban J connectivity index is 1.59. The van der Waals surface area contributed by atoms with Crippen LogP contribution in [0.25, 0.3) is 0 Å². The van der Waals surface area contributed by atoms with Crippen molar-refractivity contribution in [3.05, 3.63) is 22.4 Å². The number of nitrogens with zero attached hydrogens (tertiary/aromatic N) is 1. The van der Waals surface area contributed by atoms with E-state index < -0.39 is 5.60 Å². The van der Waals surface area contributed by atoms with Gasteiger partial charge in [-0.15, -0.1) is 11.3 Å². The largest absolute Gasteiger partial charge is 0.444 e. The van der Waals surface area contributed by atoms with Crippen molar-refractivity contribution in [2.45, 2.75) is 45.3 Å². The van der Waals surface area contributed by atoms with E-state index in [1.807, 2.05) is 43.2 Å². The van der Waals surface area contributed by atoms with Crippen LogP contribution in [-0.2, 0) is 4.74 Å².